The number of carbonyl (C=O) groups is 2. The van der Waals surface area contributed by atoms with Crippen LogP contribution in [0.25, 0.3) is 0 Å². The number of carbonyl (C=O) groups excluding carboxylic acids is 2. The number of nitro groups is 1. The molecule has 0 aliphatic heterocycles. The second-order valence-electron chi connectivity index (χ2n) is 7.92. The second kappa shape index (κ2) is 11.9. The summed E-state index contributed by atoms with van der Waals surface area (Å²) in [6.45, 7) is 0. The fourth-order valence-corrected chi connectivity index (χ4v) is 4.55. The first-order chi connectivity index (χ1) is 17.9. The standard InChI is InChI=1S/C28H23N3O5S/c1-36-24-12-6-10-22(18-24)30-28(33)26(19-7-3-2-4-8-19)37-25-15-13-21(14-16-25)29-27(32)20-9-5-11-23(17-20)31(34)35/h2-18,26H,1H3,(H,29,32)(H,30,33). The predicted octanol–water partition coefficient (Wildman–Crippen LogP) is 6.33. The highest BCUT2D eigenvalue weighted by atomic mass is 32.2. The molecule has 1 unspecified atom stereocenters. The lowest BCUT2D eigenvalue weighted by molar-refractivity contribution is -0.384. The summed E-state index contributed by atoms with van der Waals surface area (Å²) in [6.07, 6.45) is 0. The Morgan fingerprint density at radius 2 is 1.57 bits per heavy atom. The van der Waals surface area contributed by atoms with Gasteiger partial charge in [-0.05, 0) is 48.0 Å². The molecule has 0 bridgehead atoms. The highest BCUT2D eigenvalue weighted by molar-refractivity contribution is 8.00. The van der Waals surface area contributed by atoms with Crippen LogP contribution in [0.5, 0.6) is 5.75 Å². The zero-order valence-corrected chi connectivity index (χ0v) is 20.6. The average Bonchev–Trinajstić information content (AvgIpc) is 2.93. The van der Waals surface area contributed by atoms with E-state index in [2.05, 4.69) is 10.6 Å². The molecule has 2 amide bonds. The number of nitro benzene ring substituents is 1. The van der Waals surface area contributed by atoms with Crippen molar-refractivity contribution in [1.29, 1.82) is 0 Å². The van der Waals surface area contributed by atoms with Crippen molar-refractivity contribution in [2.24, 2.45) is 0 Å². The van der Waals surface area contributed by atoms with Gasteiger partial charge < -0.3 is 15.4 Å². The predicted molar refractivity (Wildman–Crippen MR) is 144 cm³/mol. The van der Waals surface area contributed by atoms with Crippen molar-refractivity contribution in [3.63, 3.8) is 0 Å². The van der Waals surface area contributed by atoms with E-state index in [4.69, 9.17) is 4.74 Å². The molecular weight excluding hydrogens is 490 g/mol. The summed E-state index contributed by atoms with van der Waals surface area (Å²) in [5.41, 5.74) is 2.03. The molecule has 0 radical (unpaired) electrons. The van der Waals surface area contributed by atoms with Crippen LogP contribution in [0.1, 0.15) is 21.2 Å². The first kappa shape index (κ1) is 25.5. The summed E-state index contributed by atoms with van der Waals surface area (Å²) in [5.74, 6) is 0.000828. The van der Waals surface area contributed by atoms with Gasteiger partial charge in [0.1, 0.15) is 11.0 Å². The number of rotatable bonds is 9. The minimum absolute atomic E-state index is 0.154. The molecule has 186 valence electrons. The third-order valence-corrected chi connectivity index (χ3v) is 6.63. The van der Waals surface area contributed by atoms with Crippen molar-refractivity contribution in [2.45, 2.75) is 10.1 Å². The third kappa shape index (κ3) is 6.74. The molecule has 2 N–H and O–H groups in total. The van der Waals surface area contributed by atoms with Gasteiger partial charge in [-0.3, -0.25) is 19.7 Å². The molecule has 0 saturated heterocycles. The fraction of sp³-hybridized carbons (Fsp3) is 0.0714. The second-order valence-corrected chi connectivity index (χ2v) is 9.09. The molecule has 8 nitrogen and oxygen atoms in total. The Labute approximate surface area is 217 Å². The van der Waals surface area contributed by atoms with Crippen LogP contribution in [0.3, 0.4) is 0 Å². The summed E-state index contributed by atoms with van der Waals surface area (Å²) < 4.78 is 5.24. The van der Waals surface area contributed by atoms with Gasteiger partial charge in [-0.1, -0.05) is 42.5 Å². The zero-order valence-electron chi connectivity index (χ0n) is 19.8. The van der Waals surface area contributed by atoms with Gasteiger partial charge >= 0.3 is 0 Å². The number of anilines is 2. The molecule has 0 saturated carbocycles. The molecule has 0 fully saturated rings. The normalized spacial score (nSPS) is 11.3. The summed E-state index contributed by atoms with van der Waals surface area (Å²) >= 11 is 1.38. The van der Waals surface area contributed by atoms with Crippen molar-refractivity contribution in [3.8, 4) is 5.75 Å². The van der Waals surface area contributed by atoms with E-state index in [-0.39, 0.29) is 17.2 Å². The van der Waals surface area contributed by atoms with Gasteiger partial charge in [-0.25, -0.2) is 0 Å². The molecule has 0 aliphatic carbocycles. The van der Waals surface area contributed by atoms with Gasteiger partial charge in [0, 0.05) is 40.0 Å². The quantitative estimate of drug-likeness (QED) is 0.154. The minimum Gasteiger partial charge on any atom is -0.497 e. The number of amides is 2. The van der Waals surface area contributed by atoms with Crippen LogP contribution in [0.4, 0.5) is 17.1 Å². The van der Waals surface area contributed by atoms with Gasteiger partial charge in [0.25, 0.3) is 11.6 Å². The number of thioether (sulfide) groups is 1. The molecule has 0 aliphatic rings. The molecule has 1 atom stereocenters. The fourth-order valence-electron chi connectivity index (χ4n) is 3.53. The Morgan fingerprint density at radius 1 is 0.838 bits per heavy atom. The lowest BCUT2D eigenvalue weighted by Crippen LogP contribution is -2.19. The molecule has 4 aromatic carbocycles. The van der Waals surface area contributed by atoms with Crippen LogP contribution < -0.4 is 15.4 Å². The molecule has 37 heavy (non-hydrogen) atoms. The summed E-state index contributed by atoms with van der Waals surface area (Å²) in [7, 11) is 1.57. The van der Waals surface area contributed by atoms with Crippen molar-refractivity contribution in [3.05, 3.63) is 124 Å². The van der Waals surface area contributed by atoms with E-state index in [1.807, 2.05) is 42.5 Å². The van der Waals surface area contributed by atoms with Gasteiger partial charge in [0.15, 0.2) is 0 Å². The van der Waals surface area contributed by atoms with Crippen LogP contribution in [0.2, 0.25) is 0 Å². The van der Waals surface area contributed by atoms with Gasteiger partial charge in [0.05, 0.1) is 12.0 Å². The number of hydrogen-bond donors (Lipinski definition) is 2. The van der Waals surface area contributed by atoms with E-state index in [1.165, 1.54) is 36.0 Å². The van der Waals surface area contributed by atoms with Crippen LogP contribution in [0.15, 0.2) is 108 Å². The smallest absolute Gasteiger partial charge is 0.270 e. The first-order valence-corrected chi connectivity index (χ1v) is 12.1. The van der Waals surface area contributed by atoms with Crippen LogP contribution in [-0.4, -0.2) is 23.8 Å². The molecule has 0 aromatic heterocycles. The highest BCUT2D eigenvalue weighted by Gasteiger charge is 2.22. The number of nitrogens with zero attached hydrogens (tertiary/aromatic N) is 1. The Kier molecular flexibility index (Phi) is 8.17. The van der Waals surface area contributed by atoms with Crippen LogP contribution in [-0.2, 0) is 4.79 Å². The number of hydrogen-bond acceptors (Lipinski definition) is 6. The van der Waals surface area contributed by atoms with Crippen LogP contribution >= 0.6 is 11.8 Å². The molecule has 9 heteroatoms. The highest BCUT2D eigenvalue weighted by Crippen LogP contribution is 2.37. The maximum Gasteiger partial charge on any atom is 0.270 e. The molecular formula is C28H23N3O5S. The molecule has 4 aromatic rings. The topological polar surface area (TPSA) is 111 Å². The van der Waals surface area contributed by atoms with E-state index < -0.39 is 16.1 Å². The van der Waals surface area contributed by atoms with E-state index >= 15 is 0 Å². The maximum atomic E-state index is 13.3. The van der Waals surface area contributed by atoms with Crippen molar-refractivity contribution >= 4 is 40.6 Å². The van der Waals surface area contributed by atoms with Gasteiger partial charge in [0.2, 0.25) is 5.91 Å². The van der Waals surface area contributed by atoms with Crippen LogP contribution in [0, 0.1) is 10.1 Å². The Bertz CT molecular complexity index is 1410. The monoisotopic (exact) mass is 513 g/mol. The van der Waals surface area contributed by atoms with E-state index in [9.17, 15) is 19.7 Å². The largest absolute Gasteiger partial charge is 0.497 e. The lowest BCUT2D eigenvalue weighted by atomic mass is 10.1. The number of methoxy groups -OCH3 is 1. The van der Waals surface area contributed by atoms with E-state index in [0.29, 0.717) is 17.1 Å². The minimum atomic E-state index is -0.545. The summed E-state index contributed by atoms with van der Waals surface area (Å²) in [4.78, 5) is 37.1. The summed E-state index contributed by atoms with van der Waals surface area (Å²) in [5, 5.41) is 16.1. The number of non-ortho nitro benzene ring substituents is 1. The Balaban J connectivity index is 1.48. The first-order valence-electron chi connectivity index (χ1n) is 11.3. The third-order valence-electron chi connectivity index (χ3n) is 5.36. The maximum absolute atomic E-state index is 13.3. The average molecular weight is 514 g/mol. The van der Waals surface area contributed by atoms with Crippen molar-refractivity contribution in [2.75, 3.05) is 17.7 Å². The SMILES string of the molecule is COc1cccc(NC(=O)C(Sc2ccc(NC(=O)c3cccc([N+](=O)[O-])c3)cc2)c2ccccc2)c1. The van der Waals surface area contributed by atoms with Crippen molar-refractivity contribution < 1.29 is 19.2 Å². The van der Waals surface area contributed by atoms with Gasteiger partial charge in [-0.15, -0.1) is 11.8 Å². The Hall–Kier alpha value is -4.63. The number of nitrogens with one attached hydrogen (secondary N) is 2. The number of ether oxygens (including phenoxy) is 1. The van der Waals surface area contributed by atoms with Crippen molar-refractivity contribution in [1.82, 2.24) is 0 Å². The number of benzene rings is 4. The summed E-state index contributed by atoms with van der Waals surface area (Å²) in [6, 6.07) is 29.2. The molecule has 0 heterocycles. The van der Waals surface area contributed by atoms with E-state index in [0.717, 1.165) is 10.5 Å². The molecule has 4 rings (SSSR count). The van der Waals surface area contributed by atoms with E-state index in [1.54, 1.807) is 43.5 Å². The van der Waals surface area contributed by atoms with Gasteiger partial charge in [-0.2, -0.15) is 0 Å². The molecule has 0 spiro atoms. The lowest BCUT2D eigenvalue weighted by Gasteiger charge is -2.18. The zero-order chi connectivity index (χ0) is 26.2. The Morgan fingerprint density at radius 3 is 2.27 bits per heavy atom.